The van der Waals surface area contributed by atoms with Crippen LogP contribution in [0.1, 0.15) is 0 Å². The highest BCUT2D eigenvalue weighted by molar-refractivity contribution is 6.19. The SMILES string of the molecule is c1ccc2c(c1)-c1ccccc1-c1cc3ccc4c5ccccc5ccc4c3cc1-c1ccccc1-2. The minimum Gasteiger partial charge on any atom is -0.0616 e. The van der Waals surface area contributed by atoms with E-state index in [2.05, 4.69) is 133 Å². The number of benzene rings is 7. The molecule has 0 fully saturated rings. The van der Waals surface area contributed by atoms with Gasteiger partial charge in [0.2, 0.25) is 0 Å². The van der Waals surface area contributed by atoms with Crippen LogP contribution in [-0.4, -0.2) is 0 Å². The molecule has 0 aliphatic heterocycles. The molecule has 0 saturated carbocycles. The Morgan fingerprint density at radius 3 is 1.22 bits per heavy atom. The van der Waals surface area contributed by atoms with Crippen LogP contribution in [0.2, 0.25) is 0 Å². The highest BCUT2D eigenvalue weighted by atomic mass is 14.2. The van der Waals surface area contributed by atoms with Crippen LogP contribution in [0.5, 0.6) is 0 Å². The van der Waals surface area contributed by atoms with E-state index in [4.69, 9.17) is 0 Å². The fourth-order valence-electron chi connectivity index (χ4n) is 6.17. The van der Waals surface area contributed by atoms with Gasteiger partial charge in [0.15, 0.2) is 0 Å². The number of hydrogen-bond donors (Lipinski definition) is 0. The lowest BCUT2D eigenvalue weighted by atomic mass is 9.80. The molecule has 1 aliphatic carbocycles. The number of rotatable bonds is 0. The van der Waals surface area contributed by atoms with E-state index in [1.54, 1.807) is 0 Å². The third-order valence-corrected chi connectivity index (χ3v) is 7.82. The van der Waals surface area contributed by atoms with E-state index in [0.29, 0.717) is 0 Å². The lowest BCUT2D eigenvalue weighted by Gasteiger charge is -2.23. The first-order chi connectivity index (χ1) is 17.9. The second-order valence-electron chi connectivity index (χ2n) is 9.70. The summed E-state index contributed by atoms with van der Waals surface area (Å²) in [5.74, 6) is 0. The van der Waals surface area contributed by atoms with Crippen molar-refractivity contribution in [1.29, 1.82) is 0 Å². The molecule has 1 aliphatic rings. The molecule has 0 unspecified atom stereocenters. The Labute approximate surface area is 210 Å². The largest absolute Gasteiger partial charge is 0.0616 e. The van der Waals surface area contributed by atoms with Gasteiger partial charge in [-0.3, -0.25) is 0 Å². The Hall–Kier alpha value is -4.68. The molecule has 36 heavy (non-hydrogen) atoms. The van der Waals surface area contributed by atoms with Gasteiger partial charge in [0, 0.05) is 0 Å². The zero-order valence-corrected chi connectivity index (χ0v) is 19.7. The van der Waals surface area contributed by atoms with Crippen molar-refractivity contribution in [1.82, 2.24) is 0 Å². The van der Waals surface area contributed by atoms with Crippen LogP contribution in [-0.2, 0) is 0 Å². The molecular formula is C36H22. The van der Waals surface area contributed by atoms with Gasteiger partial charge in [-0.2, -0.15) is 0 Å². The fourth-order valence-corrected chi connectivity index (χ4v) is 6.17. The molecule has 7 aromatic carbocycles. The summed E-state index contributed by atoms with van der Waals surface area (Å²) in [7, 11) is 0. The third kappa shape index (κ3) is 2.70. The van der Waals surface area contributed by atoms with Crippen molar-refractivity contribution in [2.45, 2.75) is 0 Å². The van der Waals surface area contributed by atoms with Crippen LogP contribution in [0, 0.1) is 0 Å². The molecule has 0 heteroatoms. The monoisotopic (exact) mass is 454 g/mol. The van der Waals surface area contributed by atoms with Crippen LogP contribution in [0.3, 0.4) is 0 Å². The molecule has 0 heterocycles. The predicted molar refractivity (Wildman–Crippen MR) is 154 cm³/mol. The molecule has 0 aromatic heterocycles. The quantitative estimate of drug-likeness (QED) is 0.200. The number of hydrogen-bond acceptors (Lipinski definition) is 0. The van der Waals surface area contributed by atoms with Crippen LogP contribution >= 0.6 is 0 Å². The second-order valence-corrected chi connectivity index (χ2v) is 9.70. The van der Waals surface area contributed by atoms with Crippen molar-refractivity contribution in [2.24, 2.45) is 0 Å². The Morgan fingerprint density at radius 1 is 0.222 bits per heavy atom. The molecule has 8 rings (SSSR count). The summed E-state index contributed by atoms with van der Waals surface area (Å²) >= 11 is 0. The van der Waals surface area contributed by atoms with Crippen molar-refractivity contribution in [2.75, 3.05) is 0 Å². The Kier molecular flexibility index (Phi) is 4.03. The first-order valence-electron chi connectivity index (χ1n) is 12.5. The van der Waals surface area contributed by atoms with Crippen LogP contribution in [0.25, 0.3) is 76.8 Å². The summed E-state index contributed by atoms with van der Waals surface area (Å²) in [6, 6.07) is 49.2. The topological polar surface area (TPSA) is 0 Å². The molecular weight excluding hydrogens is 432 g/mol. The van der Waals surface area contributed by atoms with Crippen molar-refractivity contribution in [3.63, 3.8) is 0 Å². The molecule has 0 nitrogen and oxygen atoms in total. The van der Waals surface area contributed by atoms with E-state index in [-0.39, 0.29) is 0 Å². The molecule has 0 saturated heterocycles. The van der Waals surface area contributed by atoms with E-state index in [1.165, 1.54) is 76.8 Å². The van der Waals surface area contributed by atoms with Crippen LogP contribution < -0.4 is 0 Å². The van der Waals surface area contributed by atoms with Crippen molar-refractivity contribution in [3.8, 4) is 44.5 Å². The maximum Gasteiger partial charge on any atom is -0.00923 e. The minimum atomic E-state index is 1.28. The van der Waals surface area contributed by atoms with Gasteiger partial charge >= 0.3 is 0 Å². The third-order valence-electron chi connectivity index (χ3n) is 7.82. The Balaban J connectivity index is 1.55. The molecule has 0 radical (unpaired) electrons. The summed E-state index contributed by atoms with van der Waals surface area (Å²) in [4.78, 5) is 0. The van der Waals surface area contributed by atoms with E-state index in [0.717, 1.165) is 0 Å². The smallest absolute Gasteiger partial charge is 0.00923 e. The van der Waals surface area contributed by atoms with Crippen LogP contribution in [0.4, 0.5) is 0 Å². The lowest BCUT2D eigenvalue weighted by molar-refractivity contribution is 1.53. The highest BCUT2D eigenvalue weighted by Gasteiger charge is 2.22. The van der Waals surface area contributed by atoms with Crippen molar-refractivity contribution >= 4 is 32.3 Å². The fraction of sp³-hybridized carbons (Fsp3) is 0. The predicted octanol–water partition coefficient (Wildman–Crippen LogP) is 10.1. The molecule has 0 atom stereocenters. The average molecular weight is 455 g/mol. The van der Waals surface area contributed by atoms with Crippen molar-refractivity contribution in [3.05, 3.63) is 133 Å². The molecule has 0 N–H and O–H groups in total. The van der Waals surface area contributed by atoms with E-state index >= 15 is 0 Å². The van der Waals surface area contributed by atoms with Crippen LogP contribution in [0.15, 0.2) is 133 Å². The summed E-state index contributed by atoms with van der Waals surface area (Å²) in [6.45, 7) is 0. The van der Waals surface area contributed by atoms with Gasteiger partial charge in [0.05, 0.1) is 0 Å². The van der Waals surface area contributed by atoms with Gasteiger partial charge in [-0.05, 0) is 89.0 Å². The van der Waals surface area contributed by atoms with Gasteiger partial charge < -0.3 is 0 Å². The first kappa shape index (κ1) is 19.6. The average Bonchev–Trinajstić information content (AvgIpc) is 2.95. The van der Waals surface area contributed by atoms with Gasteiger partial charge in [0.1, 0.15) is 0 Å². The summed E-state index contributed by atoms with van der Waals surface area (Å²) < 4.78 is 0. The molecule has 7 aromatic rings. The Morgan fingerprint density at radius 2 is 0.639 bits per heavy atom. The van der Waals surface area contributed by atoms with Gasteiger partial charge in [-0.1, -0.05) is 121 Å². The number of fused-ring (bicyclic) bond motifs is 13. The molecule has 0 amide bonds. The summed E-state index contributed by atoms with van der Waals surface area (Å²) in [5.41, 5.74) is 10.3. The van der Waals surface area contributed by atoms with Crippen molar-refractivity contribution < 1.29 is 0 Å². The molecule has 166 valence electrons. The zero-order valence-electron chi connectivity index (χ0n) is 19.7. The molecule has 0 spiro atoms. The summed E-state index contributed by atoms with van der Waals surface area (Å²) in [6.07, 6.45) is 0. The van der Waals surface area contributed by atoms with E-state index in [1.807, 2.05) is 0 Å². The van der Waals surface area contributed by atoms with Gasteiger partial charge in [-0.25, -0.2) is 0 Å². The standard InChI is InChI=1S/C36H22/c1-2-10-25-23(9-1)17-19-33-32(25)20-18-24-21-35-30-15-7-5-13-28(30)26-11-3-4-12-27(26)29-14-6-8-16-31(29)36(35)22-34(24)33/h1-22H. The van der Waals surface area contributed by atoms with E-state index < -0.39 is 0 Å². The second kappa shape index (κ2) is 7.41. The normalized spacial score (nSPS) is 11.9. The van der Waals surface area contributed by atoms with E-state index in [9.17, 15) is 0 Å². The zero-order chi connectivity index (χ0) is 23.6. The molecule has 0 bridgehead atoms. The van der Waals surface area contributed by atoms with Gasteiger partial charge in [-0.15, -0.1) is 0 Å². The summed E-state index contributed by atoms with van der Waals surface area (Å²) in [5, 5.41) is 7.79. The maximum atomic E-state index is 2.44. The first-order valence-corrected chi connectivity index (χ1v) is 12.5. The lowest BCUT2D eigenvalue weighted by Crippen LogP contribution is -1.97. The maximum absolute atomic E-state index is 2.44. The minimum absolute atomic E-state index is 1.28. The Bertz CT molecular complexity index is 1990. The van der Waals surface area contributed by atoms with Gasteiger partial charge in [0.25, 0.3) is 0 Å². The highest BCUT2D eigenvalue weighted by Crippen LogP contribution is 2.49.